The van der Waals surface area contributed by atoms with Gasteiger partial charge in [-0.3, -0.25) is 4.99 Å². The third-order valence-corrected chi connectivity index (χ3v) is 3.44. The highest BCUT2D eigenvalue weighted by molar-refractivity contribution is 5.85. The number of rotatable bonds is 5. The lowest BCUT2D eigenvalue weighted by Gasteiger charge is -2.06. The predicted molar refractivity (Wildman–Crippen MR) is 92.5 cm³/mol. The molecule has 0 aliphatic heterocycles. The highest BCUT2D eigenvalue weighted by Gasteiger charge is 1.98. The van der Waals surface area contributed by atoms with Crippen LogP contribution in [0, 0.1) is 5.82 Å². The van der Waals surface area contributed by atoms with Crippen molar-refractivity contribution in [3.05, 3.63) is 89.7 Å². The molecule has 0 heterocycles. The number of halogens is 1. The lowest BCUT2D eigenvalue weighted by Crippen LogP contribution is -1.95. The van der Waals surface area contributed by atoms with Crippen LogP contribution in [-0.2, 0) is 6.61 Å². The van der Waals surface area contributed by atoms with E-state index in [1.54, 1.807) is 36.5 Å². The van der Waals surface area contributed by atoms with E-state index < -0.39 is 0 Å². The second-order valence-corrected chi connectivity index (χ2v) is 5.23. The van der Waals surface area contributed by atoms with Crippen LogP contribution in [0.5, 0.6) is 11.5 Å². The Kier molecular flexibility index (Phi) is 4.87. The van der Waals surface area contributed by atoms with Crippen molar-refractivity contribution in [3.63, 3.8) is 0 Å². The van der Waals surface area contributed by atoms with Gasteiger partial charge in [0.25, 0.3) is 0 Å². The molecule has 0 fully saturated rings. The number of aliphatic imine (C=N–C) groups is 1. The smallest absolute Gasteiger partial charge is 0.124 e. The minimum atomic E-state index is -0.259. The molecule has 0 bridgehead atoms. The lowest BCUT2D eigenvalue weighted by atomic mass is 10.2. The number of ether oxygens (including phenoxy) is 1. The summed E-state index contributed by atoms with van der Waals surface area (Å²) in [7, 11) is 0. The second-order valence-electron chi connectivity index (χ2n) is 5.23. The van der Waals surface area contributed by atoms with Gasteiger partial charge in [0.1, 0.15) is 23.9 Å². The summed E-state index contributed by atoms with van der Waals surface area (Å²) in [6, 6.07) is 20.5. The van der Waals surface area contributed by atoms with Crippen molar-refractivity contribution in [1.82, 2.24) is 0 Å². The average molecular weight is 321 g/mol. The fraction of sp³-hybridized carbons (Fsp3) is 0.0500. The molecule has 3 nitrogen and oxygen atoms in total. The van der Waals surface area contributed by atoms with Gasteiger partial charge in [-0.25, -0.2) is 4.39 Å². The van der Waals surface area contributed by atoms with Crippen LogP contribution in [0.4, 0.5) is 10.1 Å². The fourth-order valence-corrected chi connectivity index (χ4v) is 2.12. The van der Waals surface area contributed by atoms with Gasteiger partial charge in [0, 0.05) is 11.8 Å². The van der Waals surface area contributed by atoms with Crippen LogP contribution >= 0.6 is 0 Å². The van der Waals surface area contributed by atoms with Gasteiger partial charge in [-0.1, -0.05) is 24.3 Å². The maximum absolute atomic E-state index is 12.8. The first kappa shape index (κ1) is 15.7. The maximum Gasteiger partial charge on any atom is 0.124 e. The summed E-state index contributed by atoms with van der Waals surface area (Å²) in [5.74, 6) is 0.645. The molecule has 120 valence electrons. The van der Waals surface area contributed by atoms with E-state index in [0.29, 0.717) is 17.9 Å². The Bertz CT molecular complexity index is 827. The number of para-hydroxylation sites is 1. The number of phenols is 1. The van der Waals surface area contributed by atoms with E-state index in [9.17, 15) is 9.50 Å². The van der Waals surface area contributed by atoms with E-state index in [1.807, 2.05) is 30.3 Å². The van der Waals surface area contributed by atoms with Gasteiger partial charge < -0.3 is 9.84 Å². The molecule has 3 aromatic carbocycles. The molecule has 0 atom stereocenters. The van der Waals surface area contributed by atoms with Crippen molar-refractivity contribution in [2.24, 2.45) is 4.99 Å². The monoisotopic (exact) mass is 321 g/mol. The molecule has 24 heavy (non-hydrogen) atoms. The lowest BCUT2D eigenvalue weighted by molar-refractivity contribution is 0.306. The Morgan fingerprint density at radius 2 is 1.62 bits per heavy atom. The van der Waals surface area contributed by atoms with Gasteiger partial charge in [0.15, 0.2) is 0 Å². The molecule has 0 aliphatic carbocycles. The van der Waals surface area contributed by atoms with Gasteiger partial charge in [0.2, 0.25) is 0 Å². The third-order valence-electron chi connectivity index (χ3n) is 3.44. The molecule has 4 heteroatoms. The topological polar surface area (TPSA) is 41.8 Å². The van der Waals surface area contributed by atoms with Crippen molar-refractivity contribution in [2.75, 3.05) is 0 Å². The average Bonchev–Trinajstić information content (AvgIpc) is 2.61. The van der Waals surface area contributed by atoms with E-state index in [-0.39, 0.29) is 11.6 Å². The molecule has 0 radical (unpaired) electrons. The summed E-state index contributed by atoms with van der Waals surface area (Å²) in [4.78, 5) is 4.32. The molecular formula is C20H16FNO2. The Balaban J connectivity index is 1.61. The molecule has 0 saturated carbocycles. The van der Waals surface area contributed by atoms with Crippen LogP contribution < -0.4 is 4.74 Å². The summed E-state index contributed by atoms with van der Waals surface area (Å²) >= 11 is 0. The third kappa shape index (κ3) is 4.20. The van der Waals surface area contributed by atoms with Crippen LogP contribution in [-0.4, -0.2) is 11.3 Å². The molecule has 3 aromatic rings. The molecule has 0 unspecified atom stereocenters. The number of benzene rings is 3. The first-order valence-electron chi connectivity index (χ1n) is 7.50. The van der Waals surface area contributed by atoms with Crippen molar-refractivity contribution >= 4 is 11.9 Å². The zero-order valence-electron chi connectivity index (χ0n) is 12.9. The Morgan fingerprint density at radius 1 is 0.917 bits per heavy atom. The molecule has 3 rings (SSSR count). The number of hydrogen-bond donors (Lipinski definition) is 1. The molecule has 0 aliphatic rings. The molecule has 0 spiro atoms. The van der Waals surface area contributed by atoms with Crippen LogP contribution in [0.15, 0.2) is 77.8 Å². The maximum atomic E-state index is 12.8. The molecule has 0 amide bonds. The Hall–Kier alpha value is -3.14. The SMILES string of the molecule is Oc1ccccc1C=Nc1ccc(OCc2ccc(F)cc2)cc1. The van der Waals surface area contributed by atoms with E-state index in [4.69, 9.17) is 4.74 Å². The second kappa shape index (κ2) is 7.42. The molecule has 0 saturated heterocycles. The predicted octanol–water partition coefficient (Wildman–Crippen LogP) is 4.86. The van der Waals surface area contributed by atoms with Gasteiger partial charge >= 0.3 is 0 Å². The first-order chi connectivity index (χ1) is 11.7. The summed E-state index contributed by atoms with van der Waals surface area (Å²) in [5, 5.41) is 9.69. The Morgan fingerprint density at radius 3 is 2.33 bits per heavy atom. The fourth-order valence-electron chi connectivity index (χ4n) is 2.12. The highest BCUT2D eigenvalue weighted by atomic mass is 19.1. The van der Waals surface area contributed by atoms with Gasteiger partial charge in [-0.2, -0.15) is 0 Å². The van der Waals surface area contributed by atoms with Gasteiger partial charge in [-0.15, -0.1) is 0 Å². The minimum Gasteiger partial charge on any atom is -0.507 e. The van der Waals surface area contributed by atoms with Gasteiger partial charge in [0.05, 0.1) is 5.69 Å². The zero-order chi connectivity index (χ0) is 16.8. The van der Waals surface area contributed by atoms with Crippen LogP contribution in [0.25, 0.3) is 0 Å². The highest BCUT2D eigenvalue weighted by Crippen LogP contribution is 2.20. The van der Waals surface area contributed by atoms with Gasteiger partial charge in [-0.05, 0) is 54.1 Å². The van der Waals surface area contributed by atoms with Crippen molar-refractivity contribution < 1.29 is 14.2 Å². The van der Waals surface area contributed by atoms with Crippen LogP contribution in [0.1, 0.15) is 11.1 Å². The summed E-state index contributed by atoms with van der Waals surface area (Å²) < 4.78 is 18.5. The van der Waals surface area contributed by atoms with E-state index in [2.05, 4.69) is 4.99 Å². The molecule has 1 N–H and O–H groups in total. The van der Waals surface area contributed by atoms with E-state index >= 15 is 0 Å². The van der Waals surface area contributed by atoms with Crippen molar-refractivity contribution in [3.8, 4) is 11.5 Å². The minimum absolute atomic E-state index is 0.195. The normalized spacial score (nSPS) is 10.9. The van der Waals surface area contributed by atoms with Crippen molar-refractivity contribution in [2.45, 2.75) is 6.61 Å². The summed E-state index contributed by atoms with van der Waals surface area (Å²) in [5.41, 5.74) is 2.32. The number of phenolic OH excluding ortho intramolecular Hbond substituents is 1. The number of nitrogens with zero attached hydrogens (tertiary/aromatic N) is 1. The molecular weight excluding hydrogens is 305 g/mol. The van der Waals surface area contributed by atoms with E-state index in [1.165, 1.54) is 12.1 Å². The van der Waals surface area contributed by atoms with Crippen LogP contribution in [0.2, 0.25) is 0 Å². The largest absolute Gasteiger partial charge is 0.507 e. The summed E-state index contributed by atoms with van der Waals surface area (Å²) in [6.45, 7) is 0.376. The first-order valence-corrected chi connectivity index (χ1v) is 7.50. The molecule has 0 aromatic heterocycles. The van der Waals surface area contributed by atoms with E-state index in [0.717, 1.165) is 11.3 Å². The standard InChI is InChI=1S/C20H16FNO2/c21-17-7-5-15(6-8-17)14-24-19-11-9-18(10-12-19)22-13-16-3-1-2-4-20(16)23/h1-13,23H,14H2. The summed E-state index contributed by atoms with van der Waals surface area (Å²) in [6.07, 6.45) is 1.61. The number of aromatic hydroxyl groups is 1. The van der Waals surface area contributed by atoms with Crippen LogP contribution in [0.3, 0.4) is 0 Å². The Labute approximate surface area is 139 Å². The van der Waals surface area contributed by atoms with Crippen molar-refractivity contribution in [1.29, 1.82) is 0 Å². The zero-order valence-corrected chi connectivity index (χ0v) is 12.9. The number of hydrogen-bond acceptors (Lipinski definition) is 3. The quantitative estimate of drug-likeness (QED) is 0.682.